The van der Waals surface area contributed by atoms with Crippen molar-refractivity contribution in [2.24, 2.45) is 0 Å². The molecule has 1 atom stereocenters. The van der Waals surface area contributed by atoms with Crippen molar-refractivity contribution in [3.05, 3.63) is 35.4 Å². The number of rotatable bonds is 3. The summed E-state index contributed by atoms with van der Waals surface area (Å²) in [6.07, 6.45) is 0.185. The van der Waals surface area contributed by atoms with E-state index in [2.05, 4.69) is 0 Å². The Bertz CT molecular complexity index is 342. The molecule has 1 unspecified atom stereocenters. The minimum Gasteiger partial charge on any atom is -0.462 e. The van der Waals surface area contributed by atoms with Crippen molar-refractivity contribution >= 4 is 5.97 Å². The first kappa shape index (κ1) is 9.21. The first-order valence-corrected chi connectivity index (χ1v) is 4.70. The number of benzene rings is 1. The molecule has 14 heavy (non-hydrogen) atoms. The predicted octanol–water partition coefficient (Wildman–Crippen LogP) is 1.93. The van der Waals surface area contributed by atoms with E-state index in [1.165, 1.54) is 0 Å². The summed E-state index contributed by atoms with van der Waals surface area (Å²) in [5, 5.41) is 0. The van der Waals surface area contributed by atoms with Crippen LogP contribution in [0.5, 0.6) is 0 Å². The van der Waals surface area contributed by atoms with Crippen molar-refractivity contribution in [3.8, 4) is 0 Å². The number of carbonyl (C=O) groups excluding carboxylic acids is 1. The molecule has 1 aliphatic heterocycles. The molecule has 0 N–H and O–H groups in total. The van der Waals surface area contributed by atoms with E-state index in [0.717, 1.165) is 12.2 Å². The molecule has 0 radical (unpaired) electrons. The van der Waals surface area contributed by atoms with Gasteiger partial charge in [0.15, 0.2) is 0 Å². The summed E-state index contributed by atoms with van der Waals surface area (Å²) < 4.78 is 10.0. The van der Waals surface area contributed by atoms with Gasteiger partial charge in [0, 0.05) is 0 Å². The van der Waals surface area contributed by atoms with Crippen molar-refractivity contribution < 1.29 is 14.3 Å². The molecule has 0 bridgehead atoms. The molecule has 1 aliphatic rings. The SMILES string of the molecule is CCOC(=O)c1cccc(C2CO2)c1. The van der Waals surface area contributed by atoms with E-state index in [-0.39, 0.29) is 12.1 Å². The molecule has 2 rings (SSSR count). The highest BCUT2D eigenvalue weighted by Crippen LogP contribution is 2.29. The van der Waals surface area contributed by atoms with E-state index in [1.54, 1.807) is 13.0 Å². The van der Waals surface area contributed by atoms with Crippen LogP contribution in [0.2, 0.25) is 0 Å². The van der Waals surface area contributed by atoms with Crippen LogP contribution in [0.3, 0.4) is 0 Å². The fourth-order valence-corrected chi connectivity index (χ4v) is 1.32. The van der Waals surface area contributed by atoms with Crippen LogP contribution in [-0.2, 0) is 9.47 Å². The lowest BCUT2D eigenvalue weighted by molar-refractivity contribution is 0.0526. The number of carbonyl (C=O) groups is 1. The zero-order chi connectivity index (χ0) is 9.97. The van der Waals surface area contributed by atoms with Gasteiger partial charge < -0.3 is 9.47 Å². The van der Waals surface area contributed by atoms with Crippen LogP contribution in [-0.4, -0.2) is 19.2 Å². The monoisotopic (exact) mass is 192 g/mol. The van der Waals surface area contributed by atoms with Crippen molar-refractivity contribution in [3.63, 3.8) is 0 Å². The van der Waals surface area contributed by atoms with Gasteiger partial charge in [-0.2, -0.15) is 0 Å². The minimum absolute atomic E-state index is 0.185. The van der Waals surface area contributed by atoms with Crippen molar-refractivity contribution in [1.29, 1.82) is 0 Å². The van der Waals surface area contributed by atoms with Gasteiger partial charge in [0.05, 0.1) is 18.8 Å². The van der Waals surface area contributed by atoms with Crippen molar-refractivity contribution in [1.82, 2.24) is 0 Å². The van der Waals surface area contributed by atoms with E-state index < -0.39 is 0 Å². The maximum absolute atomic E-state index is 11.4. The van der Waals surface area contributed by atoms with Crippen LogP contribution in [0.25, 0.3) is 0 Å². The average Bonchev–Trinajstić information content (AvgIpc) is 3.02. The second-order valence-electron chi connectivity index (χ2n) is 3.17. The lowest BCUT2D eigenvalue weighted by atomic mass is 10.1. The van der Waals surface area contributed by atoms with Gasteiger partial charge in [0.25, 0.3) is 0 Å². The van der Waals surface area contributed by atoms with Gasteiger partial charge in [0.2, 0.25) is 0 Å². The molecular formula is C11H12O3. The van der Waals surface area contributed by atoms with Crippen molar-refractivity contribution in [2.45, 2.75) is 13.0 Å². The Morgan fingerprint density at radius 2 is 2.43 bits per heavy atom. The Hall–Kier alpha value is -1.35. The molecule has 1 aromatic rings. The first-order chi connectivity index (χ1) is 6.81. The standard InChI is InChI=1S/C11H12O3/c1-2-13-11(12)9-5-3-4-8(6-9)10-7-14-10/h3-6,10H,2,7H2,1H3. The fourth-order valence-electron chi connectivity index (χ4n) is 1.32. The molecule has 0 amide bonds. The molecule has 1 fully saturated rings. The Morgan fingerprint density at radius 1 is 1.64 bits per heavy atom. The van der Waals surface area contributed by atoms with Crippen LogP contribution in [0.15, 0.2) is 24.3 Å². The summed E-state index contributed by atoms with van der Waals surface area (Å²) in [4.78, 5) is 11.4. The highest BCUT2D eigenvalue weighted by Gasteiger charge is 2.25. The molecule has 0 spiro atoms. The van der Waals surface area contributed by atoms with Crippen LogP contribution < -0.4 is 0 Å². The van der Waals surface area contributed by atoms with E-state index in [1.807, 2.05) is 18.2 Å². The zero-order valence-electron chi connectivity index (χ0n) is 8.03. The van der Waals surface area contributed by atoms with Gasteiger partial charge in [-0.15, -0.1) is 0 Å². The van der Waals surface area contributed by atoms with Gasteiger partial charge in [0.1, 0.15) is 6.10 Å². The summed E-state index contributed by atoms with van der Waals surface area (Å²) in [5.41, 5.74) is 1.65. The van der Waals surface area contributed by atoms with Gasteiger partial charge in [-0.25, -0.2) is 4.79 Å². The van der Waals surface area contributed by atoms with Crippen LogP contribution >= 0.6 is 0 Å². The van der Waals surface area contributed by atoms with Crippen LogP contribution in [0.1, 0.15) is 28.9 Å². The lowest BCUT2D eigenvalue weighted by Crippen LogP contribution is -2.04. The third-order valence-electron chi connectivity index (χ3n) is 2.10. The van der Waals surface area contributed by atoms with E-state index in [0.29, 0.717) is 12.2 Å². The summed E-state index contributed by atoms with van der Waals surface area (Å²) in [7, 11) is 0. The summed E-state index contributed by atoms with van der Waals surface area (Å²) in [6, 6.07) is 7.39. The molecule has 1 aromatic carbocycles. The quantitative estimate of drug-likeness (QED) is 0.542. The number of hydrogen-bond donors (Lipinski definition) is 0. The molecule has 1 saturated heterocycles. The largest absolute Gasteiger partial charge is 0.462 e. The van der Waals surface area contributed by atoms with E-state index >= 15 is 0 Å². The molecule has 1 heterocycles. The number of hydrogen-bond acceptors (Lipinski definition) is 3. The first-order valence-electron chi connectivity index (χ1n) is 4.70. The van der Waals surface area contributed by atoms with E-state index in [4.69, 9.17) is 9.47 Å². The average molecular weight is 192 g/mol. The van der Waals surface area contributed by atoms with Gasteiger partial charge in [-0.05, 0) is 24.6 Å². The summed E-state index contributed by atoms with van der Waals surface area (Å²) in [6.45, 7) is 2.96. The molecular weight excluding hydrogens is 180 g/mol. The Morgan fingerprint density at radius 3 is 3.07 bits per heavy atom. The Kier molecular flexibility index (Phi) is 2.50. The predicted molar refractivity (Wildman–Crippen MR) is 51.1 cm³/mol. The molecule has 74 valence electrons. The second-order valence-corrected chi connectivity index (χ2v) is 3.17. The lowest BCUT2D eigenvalue weighted by Gasteiger charge is -2.02. The van der Waals surface area contributed by atoms with Gasteiger partial charge in [-0.3, -0.25) is 0 Å². The number of esters is 1. The summed E-state index contributed by atoms with van der Waals surface area (Å²) in [5.74, 6) is -0.269. The smallest absolute Gasteiger partial charge is 0.338 e. The Balaban J connectivity index is 2.16. The normalized spacial score (nSPS) is 19.1. The van der Waals surface area contributed by atoms with E-state index in [9.17, 15) is 4.79 Å². The summed E-state index contributed by atoms with van der Waals surface area (Å²) >= 11 is 0. The molecule has 0 saturated carbocycles. The highest BCUT2D eigenvalue weighted by atomic mass is 16.6. The fraction of sp³-hybridized carbons (Fsp3) is 0.364. The highest BCUT2D eigenvalue weighted by molar-refractivity contribution is 5.89. The van der Waals surface area contributed by atoms with Crippen molar-refractivity contribution in [2.75, 3.05) is 13.2 Å². The maximum Gasteiger partial charge on any atom is 0.338 e. The third kappa shape index (κ3) is 1.93. The second kappa shape index (κ2) is 3.80. The molecule has 3 nitrogen and oxygen atoms in total. The third-order valence-corrected chi connectivity index (χ3v) is 2.10. The van der Waals surface area contributed by atoms with Crippen LogP contribution in [0, 0.1) is 0 Å². The maximum atomic E-state index is 11.4. The van der Waals surface area contributed by atoms with Crippen LogP contribution in [0.4, 0.5) is 0 Å². The molecule has 3 heteroatoms. The number of ether oxygens (including phenoxy) is 2. The van der Waals surface area contributed by atoms with Gasteiger partial charge >= 0.3 is 5.97 Å². The molecule has 0 aliphatic carbocycles. The zero-order valence-corrected chi connectivity index (χ0v) is 8.03. The molecule has 0 aromatic heterocycles. The number of epoxide rings is 1. The van der Waals surface area contributed by atoms with Gasteiger partial charge in [-0.1, -0.05) is 12.1 Å². The topological polar surface area (TPSA) is 38.8 Å². The minimum atomic E-state index is -0.269. The Labute approximate surface area is 82.6 Å².